The molecule has 0 aliphatic heterocycles. The molecule has 2 rings (SSSR count). The van der Waals surface area contributed by atoms with Gasteiger partial charge in [0, 0.05) is 0 Å². The second kappa shape index (κ2) is 6.04. The molecule has 1 aromatic carbocycles. The molecular weight excluding hydrogens is 275 g/mol. The van der Waals surface area contributed by atoms with Crippen LogP contribution >= 0.6 is 0 Å². The fourth-order valence-corrected chi connectivity index (χ4v) is 3.40. The van der Waals surface area contributed by atoms with Gasteiger partial charge in [0.25, 0.3) is 0 Å². The number of rotatable bonds is 5. The van der Waals surface area contributed by atoms with Crippen LogP contribution in [0.5, 0.6) is 0 Å². The quantitative estimate of drug-likeness (QED) is 0.774. The average Bonchev–Trinajstić information content (AvgIpc) is 2.77. The van der Waals surface area contributed by atoms with Crippen molar-refractivity contribution in [2.45, 2.75) is 33.1 Å². The summed E-state index contributed by atoms with van der Waals surface area (Å²) in [6.07, 6.45) is 7.56. The Hall–Kier alpha value is -1.05. The molecule has 2 nitrogen and oxygen atoms in total. The molecule has 0 aliphatic rings. The molecule has 0 unspecified atom stereocenters. The fourth-order valence-electron chi connectivity index (χ4n) is 1.63. The molecule has 0 saturated heterocycles. The van der Waals surface area contributed by atoms with E-state index in [4.69, 9.17) is 0 Å². The molecule has 0 spiro atoms. The first kappa shape index (κ1) is 12.4. The summed E-state index contributed by atoms with van der Waals surface area (Å²) in [6.45, 7) is 4.35. The predicted molar refractivity (Wildman–Crippen MR) is 72.8 cm³/mol. The maximum atomic E-state index is 4.45. The van der Waals surface area contributed by atoms with Crippen molar-refractivity contribution in [3.05, 3.63) is 48.0 Å². The molecule has 1 heterocycles. The van der Waals surface area contributed by atoms with Crippen LogP contribution in [0.2, 0.25) is 0 Å². The SMILES string of the molecule is CCCCc1nccn1[Se]c1ccc(C)cc1. The van der Waals surface area contributed by atoms with E-state index in [1.165, 1.54) is 28.7 Å². The minimum absolute atomic E-state index is 0.327. The van der Waals surface area contributed by atoms with Gasteiger partial charge in [-0.2, -0.15) is 0 Å². The van der Waals surface area contributed by atoms with Gasteiger partial charge in [0.05, 0.1) is 0 Å². The van der Waals surface area contributed by atoms with E-state index >= 15 is 0 Å². The van der Waals surface area contributed by atoms with Crippen molar-refractivity contribution in [3.8, 4) is 0 Å². The number of hydrogen-bond acceptors (Lipinski definition) is 1. The number of benzene rings is 1. The van der Waals surface area contributed by atoms with Crippen LogP contribution in [0, 0.1) is 6.92 Å². The van der Waals surface area contributed by atoms with E-state index < -0.39 is 0 Å². The van der Waals surface area contributed by atoms with Gasteiger partial charge < -0.3 is 0 Å². The number of aromatic nitrogens is 2. The summed E-state index contributed by atoms with van der Waals surface area (Å²) in [5, 5.41) is 0. The van der Waals surface area contributed by atoms with Crippen LogP contribution < -0.4 is 4.46 Å². The van der Waals surface area contributed by atoms with Crippen molar-refractivity contribution >= 4 is 19.6 Å². The summed E-state index contributed by atoms with van der Waals surface area (Å²) >= 11 is 0.327. The van der Waals surface area contributed by atoms with E-state index in [2.05, 4.69) is 52.9 Å². The van der Waals surface area contributed by atoms with Gasteiger partial charge >= 0.3 is 109 Å². The fraction of sp³-hybridized carbons (Fsp3) is 0.357. The second-order valence-corrected chi connectivity index (χ2v) is 6.37. The van der Waals surface area contributed by atoms with Gasteiger partial charge in [-0.3, -0.25) is 0 Å². The molecule has 1 aromatic heterocycles. The molecule has 0 N–H and O–H groups in total. The van der Waals surface area contributed by atoms with E-state index in [-0.39, 0.29) is 0 Å². The summed E-state index contributed by atoms with van der Waals surface area (Å²) in [5.41, 5.74) is 1.32. The van der Waals surface area contributed by atoms with Crippen LogP contribution in [0.3, 0.4) is 0 Å². The molecule has 0 bridgehead atoms. The number of nitrogens with zero attached hydrogens (tertiary/aromatic N) is 2. The molecule has 17 heavy (non-hydrogen) atoms. The van der Waals surface area contributed by atoms with Crippen LogP contribution in [0.15, 0.2) is 36.7 Å². The molecule has 0 amide bonds. The van der Waals surface area contributed by atoms with Crippen molar-refractivity contribution in [1.82, 2.24) is 8.57 Å². The third kappa shape index (κ3) is 3.45. The Labute approximate surface area is 109 Å². The molecule has 3 heteroatoms. The zero-order chi connectivity index (χ0) is 12.1. The van der Waals surface area contributed by atoms with E-state index in [0.717, 1.165) is 6.42 Å². The number of imidazole rings is 1. The Bertz CT molecular complexity index is 459. The Morgan fingerprint density at radius 1 is 1.24 bits per heavy atom. The normalized spacial score (nSPS) is 10.7. The monoisotopic (exact) mass is 294 g/mol. The standard InChI is InChI=1S/C14H18N2Se/c1-3-4-5-14-15-10-11-16(14)17-13-8-6-12(2)7-9-13/h6-11H,3-5H2,1-2H3. The molecule has 0 aliphatic carbocycles. The zero-order valence-electron chi connectivity index (χ0n) is 10.4. The summed E-state index contributed by atoms with van der Waals surface area (Å²) < 4.78 is 3.71. The molecule has 0 saturated carbocycles. The third-order valence-corrected chi connectivity index (χ3v) is 4.78. The summed E-state index contributed by atoms with van der Waals surface area (Å²) in [4.78, 5) is 4.45. The summed E-state index contributed by atoms with van der Waals surface area (Å²) in [6, 6.07) is 8.80. The Balaban J connectivity index is 2.07. The van der Waals surface area contributed by atoms with Gasteiger partial charge in [0.15, 0.2) is 0 Å². The molecule has 0 radical (unpaired) electrons. The van der Waals surface area contributed by atoms with E-state index in [1.54, 1.807) is 0 Å². The van der Waals surface area contributed by atoms with Crippen molar-refractivity contribution in [2.24, 2.45) is 0 Å². The second-order valence-electron chi connectivity index (χ2n) is 4.18. The Morgan fingerprint density at radius 3 is 2.71 bits per heavy atom. The zero-order valence-corrected chi connectivity index (χ0v) is 12.1. The van der Waals surface area contributed by atoms with Crippen LogP contribution in [0.1, 0.15) is 31.2 Å². The van der Waals surface area contributed by atoms with Gasteiger partial charge in [-0.05, 0) is 0 Å². The Morgan fingerprint density at radius 2 is 2.00 bits per heavy atom. The first-order valence-corrected chi connectivity index (χ1v) is 7.69. The minimum atomic E-state index is 0.327. The van der Waals surface area contributed by atoms with E-state index in [1.807, 2.05) is 6.20 Å². The van der Waals surface area contributed by atoms with Crippen LogP contribution in [0.25, 0.3) is 0 Å². The van der Waals surface area contributed by atoms with Gasteiger partial charge in [-0.15, -0.1) is 0 Å². The van der Waals surface area contributed by atoms with Gasteiger partial charge in [-0.1, -0.05) is 0 Å². The van der Waals surface area contributed by atoms with Crippen LogP contribution in [-0.4, -0.2) is 23.7 Å². The topological polar surface area (TPSA) is 17.8 Å². The van der Waals surface area contributed by atoms with Gasteiger partial charge in [0.1, 0.15) is 0 Å². The van der Waals surface area contributed by atoms with Crippen LogP contribution in [-0.2, 0) is 6.42 Å². The number of hydrogen-bond donors (Lipinski definition) is 0. The van der Waals surface area contributed by atoms with E-state index in [0.29, 0.717) is 15.2 Å². The van der Waals surface area contributed by atoms with Crippen LogP contribution in [0.4, 0.5) is 0 Å². The van der Waals surface area contributed by atoms with Crippen molar-refractivity contribution in [3.63, 3.8) is 0 Å². The maximum absolute atomic E-state index is 4.45. The average molecular weight is 293 g/mol. The van der Waals surface area contributed by atoms with Crippen molar-refractivity contribution < 1.29 is 0 Å². The summed E-state index contributed by atoms with van der Waals surface area (Å²) in [5.74, 6) is 1.23. The van der Waals surface area contributed by atoms with Gasteiger partial charge in [-0.25, -0.2) is 0 Å². The molecular formula is C14H18N2Se. The van der Waals surface area contributed by atoms with Crippen molar-refractivity contribution in [2.75, 3.05) is 0 Å². The molecule has 90 valence electrons. The number of aryl methyl sites for hydroxylation is 2. The summed E-state index contributed by atoms with van der Waals surface area (Å²) in [7, 11) is 0. The van der Waals surface area contributed by atoms with Gasteiger partial charge in [0.2, 0.25) is 0 Å². The molecule has 2 aromatic rings. The first-order chi connectivity index (χ1) is 8.29. The predicted octanol–water partition coefficient (Wildman–Crippen LogP) is 2.33. The third-order valence-electron chi connectivity index (χ3n) is 2.66. The number of unbranched alkanes of at least 4 members (excludes halogenated alkanes) is 1. The Kier molecular flexibility index (Phi) is 4.41. The molecule has 0 atom stereocenters. The van der Waals surface area contributed by atoms with Crippen molar-refractivity contribution in [1.29, 1.82) is 0 Å². The first-order valence-electron chi connectivity index (χ1n) is 6.07. The van der Waals surface area contributed by atoms with E-state index in [9.17, 15) is 0 Å². The molecule has 0 fully saturated rings.